The van der Waals surface area contributed by atoms with E-state index in [2.05, 4.69) is 38.1 Å². The van der Waals surface area contributed by atoms with E-state index in [9.17, 15) is 0 Å². The van der Waals surface area contributed by atoms with Gasteiger partial charge in [-0.1, -0.05) is 16.8 Å². The molecule has 8 heteroatoms. The normalized spacial score (nSPS) is 11.5. The van der Waals surface area contributed by atoms with Crippen molar-refractivity contribution in [1.29, 1.82) is 0 Å². The maximum atomic E-state index is 8.82. The second-order valence-corrected chi connectivity index (χ2v) is 7.50. The Morgan fingerprint density at radius 2 is 1.90 bits per heavy atom. The van der Waals surface area contributed by atoms with Gasteiger partial charge in [0.1, 0.15) is 6.61 Å². The molecular weight excluding hydrogens is 402 g/mol. The summed E-state index contributed by atoms with van der Waals surface area (Å²) in [6.07, 6.45) is 0. The van der Waals surface area contributed by atoms with Crippen molar-refractivity contribution in [2.45, 2.75) is 27.7 Å². The van der Waals surface area contributed by atoms with Crippen molar-refractivity contribution < 1.29 is 9.94 Å². The molecule has 3 rings (SSSR count). The zero-order valence-corrected chi connectivity index (χ0v) is 18.3. The Morgan fingerprint density at radius 3 is 2.60 bits per heavy atom. The minimum absolute atomic E-state index is 0.0602. The highest BCUT2D eigenvalue weighted by Crippen LogP contribution is 2.31. The van der Waals surface area contributed by atoms with Crippen LogP contribution >= 0.6 is 11.6 Å². The number of aryl methyl sites for hydroxylation is 3. The predicted octanol–water partition coefficient (Wildman–Crippen LogP) is 5.21. The van der Waals surface area contributed by atoms with Gasteiger partial charge >= 0.3 is 0 Å². The highest BCUT2D eigenvalue weighted by Gasteiger charge is 2.10. The van der Waals surface area contributed by atoms with Gasteiger partial charge < -0.3 is 20.6 Å². The Balaban J connectivity index is 1.81. The molecule has 0 fully saturated rings. The number of aromatic amines is 1. The number of rotatable bonds is 8. The number of hydrogen-bond donors (Lipinski definition) is 4. The lowest BCUT2D eigenvalue weighted by Gasteiger charge is -2.15. The number of H-pyrrole nitrogens is 1. The number of benzene rings is 2. The molecule has 0 spiro atoms. The number of aromatic nitrogens is 2. The van der Waals surface area contributed by atoms with Crippen LogP contribution < -0.4 is 10.6 Å². The summed E-state index contributed by atoms with van der Waals surface area (Å²) in [4.78, 5) is 5.09. The molecule has 2 aromatic carbocycles. The van der Waals surface area contributed by atoms with Gasteiger partial charge in [0.15, 0.2) is 5.82 Å². The molecule has 0 aliphatic rings. The molecule has 0 radical (unpaired) electrons. The first-order valence-corrected chi connectivity index (χ1v) is 10.00. The maximum Gasteiger partial charge on any atom is 0.152 e. The lowest BCUT2D eigenvalue weighted by molar-refractivity contribution is 0.0986. The third-order valence-corrected chi connectivity index (χ3v) is 4.89. The number of halogens is 1. The largest absolute Gasteiger partial charge is 0.393 e. The average Bonchev–Trinajstić information content (AvgIpc) is 3.11. The van der Waals surface area contributed by atoms with Crippen LogP contribution in [0.15, 0.2) is 41.6 Å². The lowest BCUT2D eigenvalue weighted by Crippen LogP contribution is -2.04. The summed E-state index contributed by atoms with van der Waals surface area (Å²) in [5.41, 5.74) is 7.53. The molecule has 0 bridgehead atoms. The van der Waals surface area contributed by atoms with E-state index in [4.69, 9.17) is 21.5 Å². The average molecular weight is 428 g/mol. The Kier molecular flexibility index (Phi) is 6.97. The van der Waals surface area contributed by atoms with Crippen molar-refractivity contribution in [1.82, 2.24) is 10.2 Å². The molecule has 0 atom stereocenters. The predicted molar refractivity (Wildman–Crippen MR) is 123 cm³/mol. The quantitative estimate of drug-likeness (QED) is 0.225. The van der Waals surface area contributed by atoms with Gasteiger partial charge in [-0.15, -0.1) is 0 Å². The number of aliphatic hydroxyl groups is 1. The molecule has 0 saturated carbocycles. The van der Waals surface area contributed by atoms with Gasteiger partial charge in [-0.05, 0) is 69.2 Å². The summed E-state index contributed by atoms with van der Waals surface area (Å²) in [5.74, 6) is 0.709. The Morgan fingerprint density at radius 1 is 1.10 bits per heavy atom. The van der Waals surface area contributed by atoms with E-state index in [1.165, 1.54) is 0 Å². The Bertz CT molecular complexity index is 1060. The number of nitrogens with zero attached hydrogens (tertiary/aromatic N) is 2. The van der Waals surface area contributed by atoms with Crippen LogP contribution in [0.25, 0.3) is 0 Å². The van der Waals surface area contributed by atoms with Gasteiger partial charge in [0.25, 0.3) is 0 Å². The highest BCUT2D eigenvalue weighted by molar-refractivity contribution is 6.33. The van der Waals surface area contributed by atoms with Gasteiger partial charge in [-0.25, -0.2) is 0 Å². The highest BCUT2D eigenvalue weighted by atomic mass is 35.5. The van der Waals surface area contributed by atoms with Gasteiger partial charge in [0.05, 0.1) is 23.0 Å². The van der Waals surface area contributed by atoms with Gasteiger partial charge in [-0.3, -0.25) is 5.10 Å². The molecule has 0 aliphatic carbocycles. The van der Waals surface area contributed by atoms with Crippen molar-refractivity contribution in [2.24, 2.45) is 5.16 Å². The third-order valence-electron chi connectivity index (χ3n) is 4.56. The first-order chi connectivity index (χ1) is 14.4. The first-order valence-electron chi connectivity index (χ1n) is 9.62. The minimum Gasteiger partial charge on any atom is -0.393 e. The summed E-state index contributed by atoms with van der Waals surface area (Å²) in [7, 11) is 0. The van der Waals surface area contributed by atoms with Crippen LogP contribution in [-0.2, 0) is 4.84 Å². The number of hydrogen-bond acceptors (Lipinski definition) is 6. The zero-order valence-electron chi connectivity index (χ0n) is 17.5. The first kappa shape index (κ1) is 21.7. The Labute approximate surface area is 181 Å². The molecule has 30 heavy (non-hydrogen) atoms. The zero-order chi connectivity index (χ0) is 21.7. The number of oxime groups is 1. The Hall–Kier alpha value is -3.03. The van der Waals surface area contributed by atoms with Gasteiger partial charge in [0, 0.05) is 28.7 Å². The summed E-state index contributed by atoms with van der Waals surface area (Å²) in [5, 5.41) is 27.3. The van der Waals surface area contributed by atoms with E-state index in [-0.39, 0.29) is 13.2 Å². The molecule has 0 unspecified atom stereocenters. The van der Waals surface area contributed by atoms with Crippen molar-refractivity contribution in [2.75, 3.05) is 23.8 Å². The lowest BCUT2D eigenvalue weighted by atomic mass is 10.0. The second kappa shape index (κ2) is 9.65. The topological polar surface area (TPSA) is 94.6 Å². The van der Waals surface area contributed by atoms with Crippen molar-refractivity contribution in [3.8, 4) is 0 Å². The van der Waals surface area contributed by atoms with Gasteiger partial charge in [0.2, 0.25) is 0 Å². The second-order valence-electron chi connectivity index (χ2n) is 7.10. The SMILES string of the molecule is CC(=NOCCO)c1cc(C)c(Nc2ccc(Cl)c(Nc3cc(C)[nH]n3)c2)cc1C. The molecule has 1 heterocycles. The van der Waals surface area contributed by atoms with Crippen molar-refractivity contribution in [3.63, 3.8) is 0 Å². The summed E-state index contributed by atoms with van der Waals surface area (Å²) < 4.78 is 0. The molecule has 0 saturated heterocycles. The van der Waals surface area contributed by atoms with E-state index in [1.807, 2.05) is 52.0 Å². The van der Waals surface area contributed by atoms with Crippen molar-refractivity contribution in [3.05, 3.63) is 63.8 Å². The van der Waals surface area contributed by atoms with E-state index >= 15 is 0 Å². The fourth-order valence-electron chi connectivity index (χ4n) is 3.05. The molecule has 0 aliphatic heterocycles. The van der Waals surface area contributed by atoms with Crippen LogP contribution in [0, 0.1) is 20.8 Å². The van der Waals surface area contributed by atoms with Crippen LogP contribution in [-0.4, -0.2) is 34.2 Å². The van der Waals surface area contributed by atoms with Crippen LogP contribution in [0.1, 0.15) is 29.3 Å². The standard InChI is InChI=1S/C22H26ClN5O2/c1-13-10-20(14(2)9-18(13)16(4)28-30-8-7-29)24-17-5-6-19(23)21(12-17)25-22-11-15(3)26-27-22/h5-6,9-12,24,29H,7-8H2,1-4H3,(H2,25,26,27). The monoisotopic (exact) mass is 427 g/mol. The smallest absolute Gasteiger partial charge is 0.152 e. The summed E-state index contributed by atoms with van der Waals surface area (Å²) >= 11 is 6.35. The number of nitrogens with one attached hydrogen (secondary N) is 3. The van der Waals surface area contributed by atoms with Crippen LogP contribution in [0.5, 0.6) is 0 Å². The summed E-state index contributed by atoms with van der Waals surface area (Å²) in [6, 6.07) is 11.8. The number of anilines is 4. The molecule has 7 nitrogen and oxygen atoms in total. The fourth-order valence-corrected chi connectivity index (χ4v) is 3.21. The van der Waals surface area contributed by atoms with E-state index < -0.39 is 0 Å². The molecular formula is C22H26ClN5O2. The van der Waals surface area contributed by atoms with Crippen molar-refractivity contribution >= 4 is 40.2 Å². The van der Waals surface area contributed by atoms with Crippen LogP contribution in [0.4, 0.5) is 22.9 Å². The minimum atomic E-state index is -0.0602. The fraction of sp³-hybridized carbons (Fsp3) is 0.273. The molecule has 1 aromatic heterocycles. The van der Waals surface area contributed by atoms with E-state index in [0.717, 1.165) is 45.2 Å². The maximum absolute atomic E-state index is 8.82. The van der Waals surface area contributed by atoms with E-state index in [1.54, 1.807) is 0 Å². The molecule has 158 valence electrons. The molecule has 3 aromatic rings. The van der Waals surface area contributed by atoms with Crippen LogP contribution in [0.3, 0.4) is 0 Å². The number of aliphatic hydroxyl groups excluding tert-OH is 1. The summed E-state index contributed by atoms with van der Waals surface area (Å²) in [6.45, 7) is 8.02. The van der Waals surface area contributed by atoms with Gasteiger partial charge in [-0.2, -0.15) is 5.10 Å². The molecule has 4 N–H and O–H groups in total. The molecule has 0 amide bonds. The van der Waals surface area contributed by atoms with E-state index in [0.29, 0.717) is 10.8 Å². The van der Waals surface area contributed by atoms with Crippen LogP contribution in [0.2, 0.25) is 5.02 Å². The third kappa shape index (κ3) is 5.31.